The largest absolute Gasteiger partial charge is 0.481 e. The number of allylic oxidation sites excluding steroid dienone is 3. The number of aromatic nitrogens is 1. The molecule has 1 aromatic heterocycles. The van der Waals surface area contributed by atoms with Crippen molar-refractivity contribution in [2.75, 3.05) is 6.54 Å². The summed E-state index contributed by atoms with van der Waals surface area (Å²) in [6.07, 6.45) is 10.3. The number of Topliss-reactive ketones (excluding diaryl/α,β-unsaturated/α-hetero) is 1. The summed E-state index contributed by atoms with van der Waals surface area (Å²) in [7, 11) is 0. The highest BCUT2D eigenvalue weighted by Gasteiger charge is 2.45. The van der Waals surface area contributed by atoms with Crippen molar-refractivity contribution < 1.29 is 14.7 Å². The molecule has 1 saturated heterocycles. The average Bonchev–Trinajstić information content (AvgIpc) is 3.36. The number of nitrogens with one attached hydrogen (secondary N) is 1. The first-order valence-corrected chi connectivity index (χ1v) is 13.3. The van der Waals surface area contributed by atoms with Gasteiger partial charge in [0.25, 0.3) is 0 Å². The topological polar surface area (TPSA) is 73.4 Å². The SMILES string of the molecule is C/C(=C\C1C=CN2CCC(C)C2C1C(=O)c1cc(Cl)c(Cl)[nH]1)CC(C)C(=O)O.CC.CCCC. The number of aromatic amines is 1. The number of ketones is 1. The monoisotopic (exact) mass is 512 g/mol. The van der Waals surface area contributed by atoms with E-state index in [0.29, 0.717) is 23.1 Å². The summed E-state index contributed by atoms with van der Waals surface area (Å²) in [5.74, 6) is -1.28. The number of H-pyrrole nitrogens is 1. The standard InChI is InChI=1S/C21H26Cl2N2O3.C4H10.C2H6/c1-11(8-13(3)21(27)28)9-14-5-7-25-6-4-12(2)18(25)17(14)19(26)16-10-15(22)20(23)24-16;1-3-4-2;1-2/h5,7,9-10,12-14,17-18,24H,4,6,8H2,1-3H3,(H,27,28);3-4H2,1-2H3;1-2H3/b11-9+;;. The molecular formula is C27H42Cl2N2O3. The maximum absolute atomic E-state index is 13.4. The van der Waals surface area contributed by atoms with Crippen molar-refractivity contribution >= 4 is 35.0 Å². The van der Waals surface area contributed by atoms with Gasteiger partial charge in [-0.2, -0.15) is 0 Å². The normalized spacial score (nSPS) is 24.4. The van der Waals surface area contributed by atoms with Gasteiger partial charge < -0.3 is 15.0 Å². The highest BCUT2D eigenvalue weighted by atomic mass is 35.5. The molecule has 5 atom stereocenters. The van der Waals surface area contributed by atoms with Crippen LogP contribution in [0.5, 0.6) is 0 Å². The molecule has 2 aliphatic heterocycles. The molecule has 0 spiro atoms. The van der Waals surface area contributed by atoms with Crippen LogP contribution in [-0.2, 0) is 4.79 Å². The van der Waals surface area contributed by atoms with Crippen LogP contribution in [0.3, 0.4) is 0 Å². The van der Waals surface area contributed by atoms with E-state index in [2.05, 4.69) is 42.9 Å². The molecule has 2 N–H and O–H groups in total. The van der Waals surface area contributed by atoms with Crippen LogP contribution in [0.15, 0.2) is 30.0 Å². The van der Waals surface area contributed by atoms with E-state index in [9.17, 15) is 14.7 Å². The third-order valence-corrected chi connectivity index (χ3v) is 7.10. The Balaban J connectivity index is 0.000000872. The third kappa shape index (κ3) is 7.91. The molecule has 34 heavy (non-hydrogen) atoms. The van der Waals surface area contributed by atoms with Crippen molar-refractivity contribution in [1.82, 2.24) is 9.88 Å². The summed E-state index contributed by atoms with van der Waals surface area (Å²) in [6, 6.07) is 1.69. The van der Waals surface area contributed by atoms with Gasteiger partial charge in [-0.1, -0.05) is 95.3 Å². The minimum atomic E-state index is -0.814. The van der Waals surface area contributed by atoms with Gasteiger partial charge >= 0.3 is 5.97 Å². The predicted octanol–water partition coefficient (Wildman–Crippen LogP) is 7.86. The number of aliphatic carboxylic acids is 1. The van der Waals surface area contributed by atoms with Crippen molar-refractivity contribution in [2.45, 2.75) is 80.2 Å². The average molecular weight is 514 g/mol. The second kappa shape index (κ2) is 14.6. The summed E-state index contributed by atoms with van der Waals surface area (Å²) >= 11 is 12.1. The van der Waals surface area contributed by atoms with Crippen LogP contribution in [-0.4, -0.2) is 39.3 Å². The molecule has 3 rings (SSSR count). The number of carboxylic acid groups (broad SMARTS) is 1. The number of halogens is 2. The Morgan fingerprint density at radius 3 is 2.38 bits per heavy atom. The van der Waals surface area contributed by atoms with E-state index >= 15 is 0 Å². The number of carboxylic acids is 1. The van der Waals surface area contributed by atoms with Gasteiger partial charge in [-0.15, -0.1) is 0 Å². The molecule has 0 aliphatic carbocycles. The van der Waals surface area contributed by atoms with Crippen molar-refractivity contribution in [2.24, 2.45) is 23.7 Å². The van der Waals surface area contributed by atoms with E-state index in [0.717, 1.165) is 18.5 Å². The van der Waals surface area contributed by atoms with Crippen LogP contribution < -0.4 is 0 Å². The number of carbonyl (C=O) groups excluding carboxylic acids is 1. The maximum Gasteiger partial charge on any atom is 0.306 e. The Bertz CT molecular complexity index is 841. The summed E-state index contributed by atoms with van der Waals surface area (Å²) in [5, 5.41) is 9.79. The fourth-order valence-electron chi connectivity index (χ4n) is 4.46. The lowest BCUT2D eigenvalue weighted by Gasteiger charge is -2.39. The van der Waals surface area contributed by atoms with Gasteiger partial charge in [-0.25, -0.2) is 0 Å². The van der Waals surface area contributed by atoms with Crippen molar-refractivity contribution in [1.29, 1.82) is 0 Å². The van der Waals surface area contributed by atoms with E-state index < -0.39 is 11.9 Å². The number of hydrogen-bond donors (Lipinski definition) is 2. The van der Waals surface area contributed by atoms with Crippen LogP contribution in [0.2, 0.25) is 10.2 Å². The lowest BCUT2D eigenvalue weighted by molar-refractivity contribution is -0.141. The third-order valence-electron chi connectivity index (χ3n) is 6.41. The summed E-state index contributed by atoms with van der Waals surface area (Å²) in [6.45, 7) is 15.1. The second-order valence-corrected chi connectivity index (χ2v) is 9.89. The molecule has 0 bridgehead atoms. The number of nitrogens with zero attached hydrogens (tertiary/aromatic N) is 1. The van der Waals surface area contributed by atoms with Crippen molar-refractivity contribution in [3.05, 3.63) is 45.9 Å². The van der Waals surface area contributed by atoms with Crippen LogP contribution >= 0.6 is 23.2 Å². The highest BCUT2D eigenvalue weighted by Crippen LogP contribution is 2.40. The van der Waals surface area contributed by atoms with Crippen LogP contribution in [0, 0.1) is 23.7 Å². The zero-order valence-corrected chi connectivity index (χ0v) is 23.2. The Kier molecular flexibility index (Phi) is 13.0. The number of hydrogen-bond acceptors (Lipinski definition) is 3. The van der Waals surface area contributed by atoms with Gasteiger partial charge in [0.05, 0.1) is 22.6 Å². The van der Waals surface area contributed by atoms with Crippen molar-refractivity contribution in [3.63, 3.8) is 0 Å². The molecule has 3 heterocycles. The summed E-state index contributed by atoms with van der Waals surface area (Å²) in [5.41, 5.74) is 1.40. The van der Waals surface area contributed by atoms with Gasteiger partial charge in [0.15, 0.2) is 5.78 Å². The highest BCUT2D eigenvalue weighted by molar-refractivity contribution is 6.41. The van der Waals surface area contributed by atoms with Gasteiger partial charge in [-0.3, -0.25) is 9.59 Å². The molecule has 1 aromatic rings. The Morgan fingerprint density at radius 2 is 1.88 bits per heavy atom. The van der Waals surface area contributed by atoms with Crippen LogP contribution in [0.1, 0.15) is 84.6 Å². The van der Waals surface area contributed by atoms with E-state index in [1.807, 2.05) is 26.8 Å². The molecule has 1 fully saturated rings. The molecule has 2 aliphatic rings. The minimum absolute atomic E-state index is 0.0118. The van der Waals surface area contributed by atoms with Crippen molar-refractivity contribution in [3.8, 4) is 0 Å². The van der Waals surface area contributed by atoms with Gasteiger partial charge in [0, 0.05) is 18.5 Å². The minimum Gasteiger partial charge on any atom is -0.481 e. The smallest absolute Gasteiger partial charge is 0.306 e. The molecule has 0 saturated carbocycles. The number of fused-ring (bicyclic) bond motifs is 1. The fourth-order valence-corrected chi connectivity index (χ4v) is 4.78. The quantitative estimate of drug-likeness (QED) is 0.287. The predicted molar refractivity (Wildman–Crippen MR) is 143 cm³/mol. The Morgan fingerprint density at radius 1 is 1.26 bits per heavy atom. The lowest BCUT2D eigenvalue weighted by atomic mass is 9.75. The first-order chi connectivity index (χ1) is 16.1. The van der Waals surface area contributed by atoms with E-state index in [1.165, 1.54) is 12.8 Å². The second-order valence-electron chi connectivity index (χ2n) is 9.10. The van der Waals surface area contributed by atoms with E-state index in [-0.39, 0.29) is 28.8 Å². The number of rotatable bonds is 7. The van der Waals surface area contributed by atoms with Gasteiger partial charge in [0.2, 0.25) is 0 Å². The van der Waals surface area contributed by atoms with E-state index in [1.54, 1.807) is 13.0 Å². The number of carbonyl (C=O) groups is 2. The Hall–Kier alpha value is -1.72. The zero-order chi connectivity index (χ0) is 26.0. The summed E-state index contributed by atoms with van der Waals surface area (Å²) < 4.78 is 0. The van der Waals surface area contributed by atoms with Gasteiger partial charge in [0.1, 0.15) is 5.15 Å². The molecule has 192 valence electrons. The van der Waals surface area contributed by atoms with E-state index in [4.69, 9.17) is 23.2 Å². The first-order valence-electron chi connectivity index (χ1n) is 12.5. The van der Waals surface area contributed by atoms with Crippen LogP contribution in [0.25, 0.3) is 0 Å². The fraction of sp³-hybridized carbons (Fsp3) is 0.630. The number of unbranched alkanes of at least 4 members (excludes halogenated alkanes) is 1. The molecule has 7 heteroatoms. The first kappa shape index (κ1) is 30.3. The molecule has 0 radical (unpaired) electrons. The molecular weight excluding hydrogens is 471 g/mol. The zero-order valence-electron chi connectivity index (χ0n) is 21.7. The molecule has 5 nitrogen and oxygen atoms in total. The molecule has 0 amide bonds. The lowest BCUT2D eigenvalue weighted by Crippen LogP contribution is -2.45. The van der Waals surface area contributed by atoms with Gasteiger partial charge in [-0.05, 0) is 37.9 Å². The maximum atomic E-state index is 13.4. The molecule has 0 aromatic carbocycles. The molecule has 5 unspecified atom stereocenters. The summed E-state index contributed by atoms with van der Waals surface area (Å²) in [4.78, 5) is 29.8. The van der Waals surface area contributed by atoms with Crippen LogP contribution in [0.4, 0.5) is 0 Å². The Labute approximate surface area is 215 Å².